The lowest BCUT2D eigenvalue weighted by molar-refractivity contribution is -0.119. The van der Waals surface area contributed by atoms with Crippen LogP contribution < -0.4 is 10.1 Å². The van der Waals surface area contributed by atoms with E-state index in [9.17, 15) is 9.59 Å². The normalized spacial score (nSPS) is 10.2. The molecule has 0 atom stereocenters. The SMILES string of the molecule is Cc1ccc(Oc2ccc(NC(=O)COC(=O)c3cncc(Br)c3)cc2)cc1. The van der Waals surface area contributed by atoms with Crippen molar-refractivity contribution in [2.75, 3.05) is 11.9 Å². The van der Waals surface area contributed by atoms with Crippen molar-refractivity contribution in [1.82, 2.24) is 4.98 Å². The topological polar surface area (TPSA) is 77.5 Å². The number of pyridine rings is 1. The summed E-state index contributed by atoms with van der Waals surface area (Å²) in [4.78, 5) is 27.8. The third-order valence-electron chi connectivity index (χ3n) is 3.67. The quantitative estimate of drug-likeness (QED) is 0.560. The van der Waals surface area contributed by atoms with Crippen LogP contribution in [-0.4, -0.2) is 23.5 Å². The Morgan fingerprint density at radius 1 is 1.00 bits per heavy atom. The first-order chi connectivity index (χ1) is 13.5. The number of nitrogens with one attached hydrogen (secondary N) is 1. The van der Waals surface area contributed by atoms with Gasteiger partial charge in [-0.2, -0.15) is 0 Å². The highest BCUT2D eigenvalue weighted by molar-refractivity contribution is 9.10. The number of hydrogen-bond acceptors (Lipinski definition) is 5. The number of benzene rings is 2. The average Bonchev–Trinajstić information content (AvgIpc) is 2.69. The number of aromatic nitrogens is 1. The summed E-state index contributed by atoms with van der Waals surface area (Å²) in [5, 5.41) is 2.66. The zero-order valence-electron chi connectivity index (χ0n) is 15.0. The van der Waals surface area contributed by atoms with Crippen molar-refractivity contribution < 1.29 is 19.1 Å². The van der Waals surface area contributed by atoms with Crippen molar-refractivity contribution in [3.05, 3.63) is 82.6 Å². The molecule has 0 unspecified atom stereocenters. The highest BCUT2D eigenvalue weighted by atomic mass is 79.9. The van der Waals surface area contributed by atoms with Crippen molar-refractivity contribution in [1.29, 1.82) is 0 Å². The third-order valence-corrected chi connectivity index (χ3v) is 4.10. The van der Waals surface area contributed by atoms with Crippen molar-refractivity contribution in [2.24, 2.45) is 0 Å². The van der Waals surface area contributed by atoms with Gasteiger partial charge in [0.1, 0.15) is 11.5 Å². The van der Waals surface area contributed by atoms with Gasteiger partial charge in [0.15, 0.2) is 6.61 Å². The maximum atomic E-state index is 12.0. The molecule has 0 saturated carbocycles. The number of aryl methyl sites for hydroxylation is 1. The smallest absolute Gasteiger partial charge is 0.340 e. The van der Waals surface area contributed by atoms with Gasteiger partial charge in [-0.05, 0) is 65.3 Å². The van der Waals surface area contributed by atoms with Crippen molar-refractivity contribution in [3.63, 3.8) is 0 Å². The number of hydrogen-bond donors (Lipinski definition) is 1. The molecular weight excluding hydrogens is 424 g/mol. The lowest BCUT2D eigenvalue weighted by Gasteiger charge is -2.09. The molecule has 3 rings (SSSR count). The molecule has 0 fully saturated rings. The summed E-state index contributed by atoms with van der Waals surface area (Å²) in [6.45, 7) is 1.61. The molecule has 0 aliphatic heterocycles. The molecule has 1 heterocycles. The Morgan fingerprint density at radius 2 is 1.64 bits per heavy atom. The fourth-order valence-corrected chi connectivity index (χ4v) is 2.65. The van der Waals surface area contributed by atoms with E-state index in [-0.39, 0.29) is 5.56 Å². The Balaban J connectivity index is 1.50. The Hall–Kier alpha value is -3.19. The van der Waals surface area contributed by atoms with Crippen LogP contribution >= 0.6 is 15.9 Å². The molecule has 1 aromatic heterocycles. The maximum absolute atomic E-state index is 12.0. The van der Waals surface area contributed by atoms with Crippen LogP contribution in [0, 0.1) is 6.92 Å². The highest BCUT2D eigenvalue weighted by Gasteiger charge is 2.11. The molecular formula is C21H17BrN2O4. The lowest BCUT2D eigenvalue weighted by atomic mass is 10.2. The van der Waals surface area contributed by atoms with E-state index in [4.69, 9.17) is 9.47 Å². The van der Waals surface area contributed by atoms with Crippen LogP contribution in [0.25, 0.3) is 0 Å². The molecule has 3 aromatic rings. The molecule has 28 heavy (non-hydrogen) atoms. The number of carbonyl (C=O) groups excluding carboxylic acids is 2. The van der Waals surface area contributed by atoms with Gasteiger partial charge in [-0.15, -0.1) is 0 Å². The molecule has 142 valence electrons. The zero-order valence-corrected chi connectivity index (χ0v) is 16.6. The molecule has 0 aliphatic carbocycles. The van der Waals surface area contributed by atoms with Crippen LogP contribution in [0.5, 0.6) is 11.5 Å². The van der Waals surface area contributed by atoms with E-state index < -0.39 is 18.5 Å². The second kappa shape index (κ2) is 9.14. The van der Waals surface area contributed by atoms with E-state index in [1.165, 1.54) is 6.20 Å². The summed E-state index contributed by atoms with van der Waals surface area (Å²) in [5.74, 6) is 0.320. The second-order valence-corrected chi connectivity index (χ2v) is 6.87. The first-order valence-corrected chi connectivity index (χ1v) is 9.21. The van der Waals surface area contributed by atoms with Crippen LogP contribution in [0.4, 0.5) is 5.69 Å². The average molecular weight is 441 g/mol. The van der Waals surface area contributed by atoms with E-state index in [2.05, 4.69) is 26.2 Å². The Morgan fingerprint density at radius 3 is 2.29 bits per heavy atom. The van der Waals surface area contributed by atoms with Crippen molar-refractivity contribution >= 4 is 33.5 Å². The number of carbonyl (C=O) groups is 2. The monoisotopic (exact) mass is 440 g/mol. The third kappa shape index (κ3) is 5.65. The number of ether oxygens (including phenoxy) is 2. The minimum absolute atomic E-state index is 0.264. The van der Waals surface area contributed by atoms with Crippen LogP contribution in [-0.2, 0) is 9.53 Å². The molecule has 1 amide bonds. The van der Waals surface area contributed by atoms with Gasteiger partial charge < -0.3 is 14.8 Å². The van der Waals surface area contributed by atoms with Crippen LogP contribution in [0.1, 0.15) is 15.9 Å². The van der Waals surface area contributed by atoms with Gasteiger partial charge in [0.25, 0.3) is 5.91 Å². The fraction of sp³-hybridized carbons (Fsp3) is 0.0952. The van der Waals surface area contributed by atoms with Crippen LogP contribution in [0.15, 0.2) is 71.5 Å². The molecule has 7 heteroatoms. The second-order valence-electron chi connectivity index (χ2n) is 5.96. The number of amides is 1. The Kier molecular flexibility index (Phi) is 6.39. The van der Waals surface area contributed by atoms with E-state index in [1.807, 2.05) is 31.2 Å². The predicted octanol–water partition coefficient (Wildman–Crippen LogP) is 4.74. The summed E-state index contributed by atoms with van der Waals surface area (Å²) in [6, 6.07) is 16.2. The summed E-state index contributed by atoms with van der Waals surface area (Å²) in [7, 11) is 0. The van der Waals surface area contributed by atoms with Gasteiger partial charge in [-0.25, -0.2) is 4.79 Å². The molecule has 0 radical (unpaired) electrons. The number of rotatable bonds is 6. The Bertz CT molecular complexity index is 972. The number of anilines is 1. The molecule has 0 bridgehead atoms. The van der Waals surface area contributed by atoms with E-state index in [0.29, 0.717) is 15.9 Å². The number of halogens is 1. The lowest BCUT2D eigenvalue weighted by Crippen LogP contribution is -2.21. The van der Waals surface area contributed by atoms with Crippen LogP contribution in [0.3, 0.4) is 0 Å². The standard InChI is InChI=1S/C21H17BrN2O4/c1-14-2-6-18(7-3-14)28-19-8-4-17(5-9-19)24-20(25)13-27-21(26)15-10-16(22)12-23-11-15/h2-12H,13H2,1H3,(H,24,25). The maximum Gasteiger partial charge on any atom is 0.340 e. The van der Waals surface area contributed by atoms with Gasteiger partial charge in [-0.1, -0.05) is 17.7 Å². The summed E-state index contributed by atoms with van der Waals surface area (Å²) in [5.41, 5.74) is 1.99. The largest absolute Gasteiger partial charge is 0.457 e. The molecule has 2 aromatic carbocycles. The minimum Gasteiger partial charge on any atom is -0.457 e. The summed E-state index contributed by atoms with van der Waals surface area (Å²) < 4.78 is 11.4. The van der Waals surface area contributed by atoms with Crippen molar-refractivity contribution in [2.45, 2.75) is 6.92 Å². The van der Waals surface area contributed by atoms with Crippen LogP contribution in [0.2, 0.25) is 0 Å². The molecule has 0 saturated heterocycles. The molecule has 1 N–H and O–H groups in total. The highest BCUT2D eigenvalue weighted by Crippen LogP contribution is 2.23. The summed E-state index contributed by atoms with van der Waals surface area (Å²) in [6.07, 6.45) is 2.92. The Labute approximate surface area is 170 Å². The van der Waals surface area contributed by atoms with E-state index in [1.54, 1.807) is 36.5 Å². The molecule has 6 nitrogen and oxygen atoms in total. The van der Waals surface area contributed by atoms with E-state index >= 15 is 0 Å². The fourth-order valence-electron chi connectivity index (χ4n) is 2.28. The van der Waals surface area contributed by atoms with Gasteiger partial charge in [0.05, 0.1) is 5.56 Å². The van der Waals surface area contributed by atoms with Gasteiger partial charge in [0.2, 0.25) is 0 Å². The predicted molar refractivity (Wildman–Crippen MR) is 109 cm³/mol. The number of nitrogens with zero attached hydrogens (tertiary/aromatic N) is 1. The van der Waals surface area contributed by atoms with Gasteiger partial charge in [-0.3, -0.25) is 9.78 Å². The van der Waals surface area contributed by atoms with Gasteiger partial charge >= 0.3 is 5.97 Å². The first kappa shape index (κ1) is 19.6. The van der Waals surface area contributed by atoms with Crippen molar-refractivity contribution in [3.8, 4) is 11.5 Å². The van der Waals surface area contributed by atoms with Gasteiger partial charge in [0, 0.05) is 22.6 Å². The zero-order chi connectivity index (χ0) is 19.9. The summed E-state index contributed by atoms with van der Waals surface area (Å²) >= 11 is 3.22. The molecule has 0 aliphatic rings. The van der Waals surface area contributed by atoms with E-state index in [0.717, 1.165) is 11.3 Å². The molecule has 0 spiro atoms. The minimum atomic E-state index is -0.620. The number of esters is 1. The first-order valence-electron chi connectivity index (χ1n) is 8.42.